The first kappa shape index (κ1) is 47.6. The van der Waals surface area contributed by atoms with Crippen LogP contribution in [0.3, 0.4) is 0 Å². The normalized spacial score (nSPS) is 11.6. The average Bonchev–Trinajstić information content (AvgIpc) is 3.82. The highest BCUT2D eigenvalue weighted by molar-refractivity contribution is 9.10. The first-order valence-electron chi connectivity index (χ1n) is 20.0. The van der Waals surface area contributed by atoms with Crippen LogP contribution in [0.4, 0.5) is 49.4 Å². The van der Waals surface area contributed by atoms with Crippen LogP contribution >= 0.6 is 15.9 Å². The number of nitrogens with zero attached hydrogens (tertiary/aromatic N) is 12. The van der Waals surface area contributed by atoms with Crippen molar-refractivity contribution in [2.75, 3.05) is 22.9 Å². The van der Waals surface area contributed by atoms with E-state index >= 15 is 4.39 Å². The Kier molecular flexibility index (Phi) is 14.3. The summed E-state index contributed by atoms with van der Waals surface area (Å²) in [5, 5.41) is 16.2. The van der Waals surface area contributed by atoms with Gasteiger partial charge in [0.2, 0.25) is 0 Å². The molecule has 6 aromatic heterocycles. The number of hydrogen-bond acceptors (Lipinski definition) is 10. The Morgan fingerprint density at radius 2 is 1.11 bits per heavy atom. The van der Waals surface area contributed by atoms with Gasteiger partial charge in [0.05, 0.1) is 34.9 Å². The lowest BCUT2D eigenvalue weighted by Gasteiger charge is -2.25. The molecule has 65 heavy (non-hydrogen) atoms. The van der Waals surface area contributed by atoms with Gasteiger partial charge in [-0.2, -0.15) is 9.97 Å². The van der Waals surface area contributed by atoms with Crippen molar-refractivity contribution < 1.29 is 26.3 Å². The lowest BCUT2D eigenvalue weighted by atomic mass is 9.98. The molecule has 0 N–H and O–H groups in total. The van der Waals surface area contributed by atoms with E-state index in [2.05, 4.69) is 74.0 Å². The largest absolute Gasteiger partial charge is 0.320 e. The minimum atomic E-state index is -2.70. The smallest absolute Gasteiger partial charge is 0.257 e. The summed E-state index contributed by atoms with van der Waals surface area (Å²) in [4.78, 5) is 19.5. The number of anilines is 4. The second kappa shape index (κ2) is 19.5. The zero-order valence-corrected chi connectivity index (χ0v) is 38.2. The van der Waals surface area contributed by atoms with E-state index in [1.165, 1.54) is 34.3 Å². The maximum absolute atomic E-state index is 15.0. The average molecular weight is 958 g/mol. The van der Waals surface area contributed by atoms with Crippen molar-refractivity contribution in [2.24, 2.45) is 10.8 Å². The Labute approximate surface area is 379 Å². The summed E-state index contributed by atoms with van der Waals surface area (Å²) >= 11 is 3.23. The van der Waals surface area contributed by atoms with Crippen molar-refractivity contribution in [3.8, 4) is 24.2 Å². The zero-order chi connectivity index (χ0) is 47.4. The number of pyridine rings is 2. The van der Waals surface area contributed by atoms with Crippen molar-refractivity contribution in [1.29, 1.82) is 0 Å². The van der Waals surface area contributed by atoms with Gasteiger partial charge in [-0.15, -0.1) is 32.7 Å². The predicted molar refractivity (Wildman–Crippen MR) is 243 cm³/mol. The van der Waals surface area contributed by atoms with Crippen molar-refractivity contribution in [2.45, 2.75) is 68.2 Å². The number of hydrogen-bond donors (Lipinski definition) is 0. The SMILES string of the molecule is C#CC(C)(C)C.Cc1nnc2nc(N(CC(F)F)c3ccnc(Br)c3)c3c(F)cccc3n12.Cc1nnc2nc(N(CC(F)F)c3ccnc(C#CC(C)(C)C)c3)c3c(F)cccc3n12. The summed E-state index contributed by atoms with van der Waals surface area (Å²) in [6, 6.07) is 15.3. The van der Waals surface area contributed by atoms with Gasteiger partial charge in [-0.1, -0.05) is 18.1 Å². The van der Waals surface area contributed by atoms with Gasteiger partial charge >= 0.3 is 0 Å². The molecule has 0 saturated heterocycles. The topological polar surface area (TPSA) is 118 Å². The first-order chi connectivity index (χ1) is 30.6. The fourth-order valence-corrected chi connectivity index (χ4v) is 6.67. The molecule has 8 aromatic rings. The van der Waals surface area contributed by atoms with E-state index < -0.39 is 37.6 Å². The van der Waals surface area contributed by atoms with Crippen molar-refractivity contribution in [1.82, 2.24) is 49.1 Å². The fourth-order valence-electron chi connectivity index (χ4n) is 6.32. The number of halogens is 7. The number of alkyl halides is 4. The Bertz CT molecular complexity index is 3100. The van der Waals surface area contributed by atoms with E-state index in [1.807, 2.05) is 41.5 Å². The summed E-state index contributed by atoms with van der Waals surface area (Å²) in [6.45, 7) is 14.0. The second-order valence-electron chi connectivity index (χ2n) is 16.5. The number of fused-ring (bicyclic) bond motifs is 6. The van der Waals surface area contributed by atoms with Gasteiger partial charge in [0, 0.05) is 34.6 Å². The molecule has 0 spiro atoms. The van der Waals surface area contributed by atoms with Gasteiger partial charge < -0.3 is 9.80 Å². The van der Waals surface area contributed by atoms with Crippen molar-refractivity contribution in [3.63, 3.8) is 0 Å². The molecule has 19 heteroatoms. The molecule has 0 aliphatic rings. The van der Waals surface area contributed by atoms with Crippen LogP contribution < -0.4 is 9.80 Å². The third-order valence-electron chi connectivity index (χ3n) is 9.17. The molecule has 0 amide bonds. The second-order valence-corrected chi connectivity index (χ2v) is 17.4. The van der Waals surface area contributed by atoms with Gasteiger partial charge in [-0.3, -0.25) is 8.80 Å². The van der Waals surface area contributed by atoms with Crippen LogP contribution in [-0.4, -0.2) is 75.1 Å². The molecular weight excluding hydrogens is 914 g/mol. The Morgan fingerprint density at radius 3 is 1.52 bits per heavy atom. The van der Waals surface area contributed by atoms with Gasteiger partial charge in [0.1, 0.15) is 45.2 Å². The van der Waals surface area contributed by atoms with Crippen LogP contribution in [0.5, 0.6) is 0 Å². The molecule has 0 saturated carbocycles. The molecular formula is C46H43BrF6N12. The minimum Gasteiger partial charge on any atom is -0.320 e. The van der Waals surface area contributed by atoms with E-state index in [0.717, 1.165) is 0 Å². The van der Waals surface area contributed by atoms with Gasteiger partial charge in [-0.05, 0) is 126 Å². The van der Waals surface area contributed by atoms with Crippen LogP contribution in [0, 0.1) is 60.5 Å². The van der Waals surface area contributed by atoms with Crippen LogP contribution in [0.1, 0.15) is 58.9 Å². The number of benzene rings is 2. The molecule has 336 valence electrons. The van der Waals surface area contributed by atoms with Crippen LogP contribution in [-0.2, 0) is 0 Å². The Balaban J connectivity index is 0.000000193. The van der Waals surface area contributed by atoms with Gasteiger partial charge in [-0.25, -0.2) is 36.3 Å². The number of aromatic nitrogens is 10. The maximum atomic E-state index is 15.0. The summed E-state index contributed by atoms with van der Waals surface area (Å²) < 4.78 is 87.4. The first-order valence-corrected chi connectivity index (χ1v) is 20.7. The fraction of sp³-hybridized carbons (Fsp3) is 0.304. The van der Waals surface area contributed by atoms with Crippen LogP contribution in [0.2, 0.25) is 0 Å². The molecule has 0 aliphatic heterocycles. The molecule has 0 atom stereocenters. The zero-order valence-electron chi connectivity index (χ0n) is 36.6. The van der Waals surface area contributed by atoms with E-state index in [4.69, 9.17) is 6.42 Å². The Morgan fingerprint density at radius 1 is 0.662 bits per heavy atom. The van der Waals surface area contributed by atoms with E-state index in [-0.39, 0.29) is 44.8 Å². The highest BCUT2D eigenvalue weighted by Crippen LogP contribution is 2.36. The summed E-state index contributed by atoms with van der Waals surface area (Å²) in [6.07, 6.45) is 2.64. The highest BCUT2D eigenvalue weighted by Gasteiger charge is 2.26. The summed E-state index contributed by atoms with van der Waals surface area (Å²) in [5.41, 5.74) is 1.89. The van der Waals surface area contributed by atoms with E-state index in [1.54, 1.807) is 71.2 Å². The minimum absolute atomic E-state index is 0.0271. The summed E-state index contributed by atoms with van der Waals surface area (Å²) in [7, 11) is 0. The molecule has 6 heterocycles. The summed E-state index contributed by atoms with van der Waals surface area (Å²) in [5.74, 6) is 8.99. The van der Waals surface area contributed by atoms with Crippen LogP contribution in [0.25, 0.3) is 33.4 Å². The lowest BCUT2D eigenvalue weighted by Crippen LogP contribution is -2.26. The molecule has 12 nitrogen and oxygen atoms in total. The predicted octanol–water partition coefficient (Wildman–Crippen LogP) is 10.9. The monoisotopic (exact) mass is 956 g/mol. The standard InChI is InChI=1S/C23H21F3N6.C17H12BrF3N6.C6H10/c1-14-29-30-22-28-21(20-17(24)6-5-7-18(20)32(14)22)31(13-19(25)26)16-9-11-27-15(12-16)8-10-23(2,3)4;1-9-24-25-17-23-16(15-11(19)3-2-4-12(15)27(9)17)26(8-14(20)21)10-5-6-22-13(18)7-10;1-5-6(2,3)4/h5-7,9,11-12,19H,13H2,1-4H3;2-7,14H,8H2,1H3;1H,2-4H3. The molecule has 2 aromatic carbocycles. The van der Waals surface area contributed by atoms with Crippen LogP contribution in [0.15, 0.2) is 77.7 Å². The molecule has 0 fully saturated rings. The number of rotatable bonds is 8. The quantitative estimate of drug-likeness (QED) is 0.0827. The van der Waals surface area contributed by atoms with E-state index in [9.17, 15) is 22.0 Å². The maximum Gasteiger partial charge on any atom is 0.257 e. The molecule has 0 aliphatic carbocycles. The molecule has 0 radical (unpaired) electrons. The molecule has 0 unspecified atom stereocenters. The van der Waals surface area contributed by atoms with Crippen molar-refractivity contribution >= 4 is 72.3 Å². The highest BCUT2D eigenvalue weighted by atomic mass is 79.9. The van der Waals surface area contributed by atoms with E-state index in [0.29, 0.717) is 44.4 Å². The third-order valence-corrected chi connectivity index (χ3v) is 9.60. The lowest BCUT2D eigenvalue weighted by molar-refractivity contribution is 0.157. The molecule has 0 bridgehead atoms. The molecule has 8 rings (SSSR count). The van der Waals surface area contributed by atoms with Gasteiger partial charge in [0.15, 0.2) is 0 Å². The Hall–Kier alpha value is -6.86. The number of terminal acetylenes is 1. The third kappa shape index (κ3) is 11.3. The van der Waals surface area contributed by atoms with Gasteiger partial charge in [0.25, 0.3) is 24.4 Å². The number of aryl methyl sites for hydroxylation is 2. The van der Waals surface area contributed by atoms with Crippen molar-refractivity contribution in [3.05, 3.63) is 107 Å².